The summed E-state index contributed by atoms with van der Waals surface area (Å²) in [4.78, 5) is 16.4. The second kappa shape index (κ2) is 9.41. The molecule has 0 aliphatic heterocycles. The van der Waals surface area contributed by atoms with Crippen LogP contribution in [0.4, 0.5) is 5.69 Å². The number of hydrogen-bond donors (Lipinski definition) is 1. The summed E-state index contributed by atoms with van der Waals surface area (Å²) in [6, 6.07) is 8.70. The van der Waals surface area contributed by atoms with Gasteiger partial charge in [-0.15, -0.1) is 10.2 Å². The first kappa shape index (κ1) is 20.6. The van der Waals surface area contributed by atoms with Gasteiger partial charge in [0.1, 0.15) is 0 Å². The summed E-state index contributed by atoms with van der Waals surface area (Å²) in [6.07, 6.45) is 3.44. The molecule has 2 aromatic heterocycles. The van der Waals surface area contributed by atoms with Crippen LogP contribution in [0.15, 0.2) is 47.9 Å². The van der Waals surface area contributed by atoms with Gasteiger partial charge >= 0.3 is 0 Å². The van der Waals surface area contributed by atoms with Gasteiger partial charge in [0.05, 0.1) is 5.75 Å². The van der Waals surface area contributed by atoms with Crippen LogP contribution < -0.4 is 5.32 Å². The Kier molecular flexibility index (Phi) is 6.93. The van der Waals surface area contributed by atoms with Gasteiger partial charge in [-0.25, -0.2) is 0 Å². The summed E-state index contributed by atoms with van der Waals surface area (Å²) in [5, 5.41) is 13.0. The zero-order chi connectivity index (χ0) is 20.1. The molecule has 3 rings (SSSR count). The van der Waals surface area contributed by atoms with Gasteiger partial charge in [-0.2, -0.15) is 0 Å². The molecule has 2 heterocycles. The average molecular weight is 436 g/mol. The maximum atomic E-state index is 12.3. The van der Waals surface area contributed by atoms with Gasteiger partial charge < -0.3 is 9.88 Å². The molecule has 1 aromatic carbocycles. The van der Waals surface area contributed by atoms with Crippen molar-refractivity contribution in [1.29, 1.82) is 0 Å². The Bertz CT molecular complexity index is 942. The van der Waals surface area contributed by atoms with Gasteiger partial charge in [-0.3, -0.25) is 9.78 Å². The Morgan fingerprint density at radius 1 is 1.14 bits per heavy atom. The van der Waals surface area contributed by atoms with Crippen molar-refractivity contribution in [2.75, 3.05) is 11.1 Å². The Morgan fingerprint density at radius 3 is 2.46 bits per heavy atom. The van der Waals surface area contributed by atoms with Gasteiger partial charge in [0.15, 0.2) is 11.0 Å². The summed E-state index contributed by atoms with van der Waals surface area (Å²) < 4.78 is 2.04. The van der Waals surface area contributed by atoms with E-state index in [0.29, 0.717) is 26.8 Å². The van der Waals surface area contributed by atoms with Crippen molar-refractivity contribution < 1.29 is 4.79 Å². The number of thioether (sulfide) groups is 1. The fraction of sp³-hybridized carbons (Fsp3) is 0.263. The normalized spacial score (nSPS) is 11.0. The maximum absolute atomic E-state index is 12.3. The van der Waals surface area contributed by atoms with Crippen LogP contribution in [0.3, 0.4) is 0 Å². The molecule has 0 saturated carbocycles. The molecule has 0 saturated heterocycles. The zero-order valence-electron chi connectivity index (χ0n) is 15.4. The molecule has 3 aromatic rings. The summed E-state index contributed by atoms with van der Waals surface area (Å²) in [7, 11) is 0. The van der Waals surface area contributed by atoms with E-state index in [9.17, 15) is 4.79 Å². The van der Waals surface area contributed by atoms with E-state index in [0.717, 1.165) is 17.9 Å². The fourth-order valence-corrected chi connectivity index (χ4v) is 3.87. The lowest BCUT2D eigenvalue weighted by Gasteiger charge is -2.12. The first-order chi connectivity index (χ1) is 13.4. The second-order valence-electron chi connectivity index (χ2n) is 6.54. The van der Waals surface area contributed by atoms with Crippen molar-refractivity contribution in [3.05, 3.63) is 52.8 Å². The number of carbonyl (C=O) groups is 1. The average Bonchev–Trinajstić information content (AvgIpc) is 3.01. The van der Waals surface area contributed by atoms with Crippen molar-refractivity contribution >= 4 is 46.6 Å². The standard InChI is InChI=1S/C19H19Cl2N5OS/c1-12(2)10-26-18(13-3-5-22-6-4-13)24-25-19(26)28-11-17(27)23-16-8-14(20)7-15(21)9-16/h3-9,12H,10-11H2,1-2H3,(H,23,27). The summed E-state index contributed by atoms with van der Waals surface area (Å²) >= 11 is 13.3. The Labute approximate surface area is 177 Å². The van der Waals surface area contributed by atoms with Crippen LogP contribution >= 0.6 is 35.0 Å². The molecular formula is C19H19Cl2N5OS. The lowest BCUT2D eigenvalue weighted by atomic mass is 10.2. The molecule has 1 amide bonds. The van der Waals surface area contributed by atoms with E-state index in [1.807, 2.05) is 16.7 Å². The largest absolute Gasteiger partial charge is 0.325 e. The van der Waals surface area contributed by atoms with E-state index in [1.54, 1.807) is 30.6 Å². The first-order valence-corrected chi connectivity index (χ1v) is 10.4. The van der Waals surface area contributed by atoms with Crippen molar-refractivity contribution in [3.8, 4) is 11.4 Å². The first-order valence-electron chi connectivity index (χ1n) is 8.64. The molecule has 9 heteroatoms. The number of rotatable bonds is 7. The molecule has 0 spiro atoms. The van der Waals surface area contributed by atoms with E-state index in [4.69, 9.17) is 23.2 Å². The minimum atomic E-state index is -0.173. The molecule has 0 atom stereocenters. The molecule has 1 N–H and O–H groups in total. The maximum Gasteiger partial charge on any atom is 0.234 e. The third kappa shape index (κ3) is 5.47. The van der Waals surface area contributed by atoms with E-state index in [-0.39, 0.29) is 11.7 Å². The van der Waals surface area contributed by atoms with Crippen LogP contribution in [0.25, 0.3) is 11.4 Å². The molecule has 0 bridgehead atoms. The van der Waals surface area contributed by atoms with E-state index in [1.165, 1.54) is 11.8 Å². The molecule has 146 valence electrons. The van der Waals surface area contributed by atoms with Gasteiger partial charge in [0.25, 0.3) is 0 Å². The lowest BCUT2D eigenvalue weighted by Crippen LogP contribution is -2.15. The lowest BCUT2D eigenvalue weighted by molar-refractivity contribution is -0.113. The van der Waals surface area contributed by atoms with Crippen LogP contribution in [0, 0.1) is 5.92 Å². The second-order valence-corrected chi connectivity index (χ2v) is 8.36. The number of hydrogen-bond acceptors (Lipinski definition) is 5. The number of anilines is 1. The highest BCUT2D eigenvalue weighted by atomic mass is 35.5. The van der Waals surface area contributed by atoms with Crippen molar-refractivity contribution in [2.24, 2.45) is 5.92 Å². The number of nitrogens with zero attached hydrogens (tertiary/aromatic N) is 4. The molecule has 0 unspecified atom stereocenters. The summed E-state index contributed by atoms with van der Waals surface area (Å²) in [5.41, 5.74) is 1.50. The molecular weight excluding hydrogens is 417 g/mol. The number of aromatic nitrogens is 4. The van der Waals surface area contributed by atoms with Crippen LogP contribution in [0.1, 0.15) is 13.8 Å². The van der Waals surface area contributed by atoms with Crippen LogP contribution in [0.2, 0.25) is 10.0 Å². The van der Waals surface area contributed by atoms with E-state index >= 15 is 0 Å². The van der Waals surface area contributed by atoms with Gasteiger partial charge in [0.2, 0.25) is 5.91 Å². The van der Waals surface area contributed by atoms with Crippen LogP contribution in [-0.2, 0) is 11.3 Å². The van der Waals surface area contributed by atoms with E-state index in [2.05, 4.69) is 34.3 Å². The predicted molar refractivity (Wildman–Crippen MR) is 114 cm³/mol. The van der Waals surface area contributed by atoms with Gasteiger partial charge in [-0.05, 0) is 36.2 Å². The van der Waals surface area contributed by atoms with Gasteiger partial charge in [-0.1, -0.05) is 48.8 Å². The third-order valence-corrected chi connectivity index (χ3v) is 5.08. The predicted octanol–water partition coefficient (Wildman–Crippen LogP) is 5.03. The highest BCUT2D eigenvalue weighted by Gasteiger charge is 2.16. The molecule has 6 nitrogen and oxygen atoms in total. The van der Waals surface area contributed by atoms with E-state index < -0.39 is 0 Å². The number of benzene rings is 1. The van der Waals surface area contributed by atoms with Crippen molar-refractivity contribution in [3.63, 3.8) is 0 Å². The zero-order valence-corrected chi connectivity index (χ0v) is 17.7. The summed E-state index contributed by atoms with van der Waals surface area (Å²) in [6.45, 7) is 5.00. The number of carbonyl (C=O) groups excluding carboxylic acids is 1. The highest BCUT2D eigenvalue weighted by molar-refractivity contribution is 7.99. The van der Waals surface area contributed by atoms with Crippen LogP contribution in [0.5, 0.6) is 0 Å². The van der Waals surface area contributed by atoms with Crippen molar-refractivity contribution in [1.82, 2.24) is 19.7 Å². The molecule has 28 heavy (non-hydrogen) atoms. The Balaban J connectivity index is 1.73. The Hall–Kier alpha value is -2.09. The quantitative estimate of drug-likeness (QED) is 0.526. The number of amides is 1. The minimum absolute atomic E-state index is 0.173. The van der Waals surface area contributed by atoms with Gasteiger partial charge in [0, 0.05) is 40.2 Å². The molecule has 0 fully saturated rings. The number of pyridine rings is 1. The number of halogens is 2. The van der Waals surface area contributed by atoms with Crippen LogP contribution in [-0.4, -0.2) is 31.4 Å². The highest BCUT2D eigenvalue weighted by Crippen LogP contribution is 2.26. The SMILES string of the molecule is CC(C)Cn1c(SCC(=O)Nc2cc(Cl)cc(Cl)c2)nnc1-c1ccncc1. The Morgan fingerprint density at radius 2 is 1.82 bits per heavy atom. The monoisotopic (exact) mass is 435 g/mol. The fourth-order valence-electron chi connectivity index (χ4n) is 2.59. The smallest absolute Gasteiger partial charge is 0.234 e. The third-order valence-electron chi connectivity index (χ3n) is 3.68. The molecule has 0 radical (unpaired) electrons. The number of nitrogens with one attached hydrogen (secondary N) is 1. The minimum Gasteiger partial charge on any atom is -0.325 e. The summed E-state index contributed by atoms with van der Waals surface area (Å²) in [5.74, 6) is 1.18. The molecule has 0 aliphatic rings. The topological polar surface area (TPSA) is 72.7 Å². The molecule has 0 aliphatic carbocycles. The van der Waals surface area contributed by atoms with Crippen molar-refractivity contribution in [2.45, 2.75) is 25.5 Å².